The van der Waals surface area contributed by atoms with E-state index in [4.69, 9.17) is 0 Å². The molecule has 1 aliphatic rings. The second kappa shape index (κ2) is 7.80. The van der Waals surface area contributed by atoms with Gasteiger partial charge in [-0.2, -0.15) is 0 Å². The Kier molecular flexibility index (Phi) is 5.49. The second-order valence-electron chi connectivity index (χ2n) is 6.32. The molecule has 0 saturated heterocycles. The van der Waals surface area contributed by atoms with Gasteiger partial charge in [-0.3, -0.25) is 10.1 Å². The third-order valence-electron chi connectivity index (χ3n) is 4.53. The van der Waals surface area contributed by atoms with Gasteiger partial charge in [-0.1, -0.05) is 48.5 Å². The van der Waals surface area contributed by atoms with E-state index in [0.29, 0.717) is 0 Å². The number of nitro benzene ring substituents is 1. The van der Waals surface area contributed by atoms with E-state index in [0.717, 1.165) is 24.8 Å². The molecule has 2 aromatic carbocycles. The highest BCUT2D eigenvalue weighted by Gasteiger charge is 2.26. The molecule has 1 aliphatic carbocycles. The first-order chi connectivity index (χ1) is 12.5. The molecule has 0 radical (unpaired) electrons. The number of allylic oxidation sites excluding steroid dienone is 2. The van der Waals surface area contributed by atoms with Gasteiger partial charge in [0.1, 0.15) is 0 Å². The zero-order valence-corrected chi connectivity index (χ0v) is 15.0. The number of rotatable bonds is 6. The monoisotopic (exact) mass is 372 g/mol. The third kappa shape index (κ3) is 4.17. The summed E-state index contributed by atoms with van der Waals surface area (Å²) in [7, 11) is -3.93. The van der Waals surface area contributed by atoms with E-state index in [1.807, 2.05) is 30.3 Å². The molecule has 7 heteroatoms. The van der Waals surface area contributed by atoms with Crippen LogP contribution in [0.3, 0.4) is 0 Å². The van der Waals surface area contributed by atoms with Crippen molar-refractivity contribution in [1.29, 1.82) is 0 Å². The number of para-hydroxylation sites is 1. The van der Waals surface area contributed by atoms with E-state index in [1.165, 1.54) is 29.8 Å². The minimum Gasteiger partial charge on any atom is -0.258 e. The molecule has 26 heavy (non-hydrogen) atoms. The van der Waals surface area contributed by atoms with Crippen molar-refractivity contribution in [3.63, 3.8) is 0 Å². The van der Waals surface area contributed by atoms with E-state index >= 15 is 0 Å². The molecule has 6 nitrogen and oxygen atoms in total. The van der Waals surface area contributed by atoms with Crippen LogP contribution in [0, 0.1) is 16.0 Å². The SMILES string of the molecule is O=[N+]([O-])c1ccccc1S(=O)(=O)NCC1CCC=C(c2ccccc2)C1. The van der Waals surface area contributed by atoms with E-state index in [9.17, 15) is 18.5 Å². The van der Waals surface area contributed by atoms with Crippen molar-refractivity contribution in [3.05, 3.63) is 76.4 Å². The van der Waals surface area contributed by atoms with Crippen molar-refractivity contribution in [1.82, 2.24) is 4.72 Å². The van der Waals surface area contributed by atoms with Crippen LogP contribution >= 0.6 is 0 Å². The number of nitrogens with zero attached hydrogens (tertiary/aromatic N) is 1. The van der Waals surface area contributed by atoms with Crippen molar-refractivity contribution < 1.29 is 13.3 Å². The van der Waals surface area contributed by atoms with Crippen molar-refractivity contribution in [2.75, 3.05) is 6.54 Å². The molecule has 1 N–H and O–H groups in total. The standard InChI is InChI=1S/C19H20N2O4S/c22-21(23)18-11-4-5-12-19(18)26(24,25)20-14-15-7-6-10-17(13-15)16-8-2-1-3-9-16/h1-5,8-12,15,20H,6-7,13-14H2. The second-order valence-corrected chi connectivity index (χ2v) is 8.05. The Morgan fingerprint density at radius 2 is 1.77 bits per heavy atom. The molecule has 1 unspecified atom stereocenters. The van der Waals surface area contributed by atoms with Crippen LogP contribution in [0.1, 0.15) is 24.8 Å². The Balaban J connectivity index is 1.69. The molecule has 0 aromatic heterocycles. The molecule has 0 fully saturated rings. The Morgan fingerprint density at radius 3 is 2.50 bits per heavy atom. The molecule has 0 aliphatic heterocycles. The summed E-state index contributed by atoms with van der Waals surface area (Å²) in [6.07, 6.45) is 4.75. The lowest BCUT2D eigenvalue weighted by Gasteiger charge is -2.23. The molecule has 136 valence electrons. The van der Waals surface area contributed by atoms with E-state index in [1.54, 1.807) is 0 Å². The van der Waals surface area contributed by atoms with Gasteiger partial charge >= 0.3 is 0 Å². The summed E-state index contributed by atoms with van der Waals surface area (Å²) in [6, 6.07) is 15.4. The molecule has 0 bridgehead atoms. The van der Waals surface area contributed by atoms with Gasteiger partial charge in [0.15, 0.2) is 4.90 Å². The topological polar surface area (TPSA) is 89.3 Å². The number of nitro groups is 1. The zero-order chi connectivity index (χ0) is 18.6. The highest BCUT2D eigenvalue weighted by Crippen LogP contribution is 2.31. The Labute approximate surface area is 152 Å². The summed E-state index contributed by atoms with van der Waals surface area (Å²) < 4.78 is 27.6. The van der Waals surface area contributed by atoms with Crippen LogP contribution in [0.4, 0.5) is 5.69 Å². The normalized spacial score (nSPS) is 17.5. The van der Waals surface area contributed by atoms with Crippen molar-refractivity contribution in [3.8, 4) is 0 Å². The lowest BCUT2D eigenvalue weighted by molar-refractivity contribution is -0.387. The maximum atomic E-state index is 12.5. The molecular formula is C19H20N2O4S. The average molecular weight is 372 g/mol. The number of hydrogen-bond donors (Lipinski definition) is 1. The van der Waals surface area contributed by atoms with Gasteiger partial charge in [0.05, 0.1) is 4.92 Å². The smallest absolute Gasteiger partial charge is 0.258 e. The fourth-order valence-corrected chi connectivity index (χ4v) is 4.48. The first kappa shape index (κ1) is 18.3. The van der Waals surface area contributed by atoms with Crippen LogP contribution in [-0.4, -0.2) is 19.9 Å². The number of benzene rings is 2. The molecule has 0 amide bonds. The largest absolute Gasteiger partial charge is 0.289 e. The van der Waals surface area contributed by atoms with Crippen LogP contribution in [0.2, 0.25) is 0 Å². The fraction of sp³-hybridized carbons (Fsp3) is 0.263. The first-order valence-electron chi connectivity index (χ1n) is 8.45. The summed E-state index contributed by atoms with van der Waals surface area (Å²) in [6.45, 7) is 0.262. The van der Waals surface area contributed by atoms with Gasteiger partial charge in [-0.25, -0.2) is 13.1 Å². The highest BCUT2D eigenvalue weighted by atomic mass is 32.2. The maximum Gasteiger partial charge on any atom is 0.289 e. The van der Waals surface area contributed by atoms with Gasteiger partial charge in [-0.05, 0) is 42.4 Å². The van der Waals surface area contributed by atoms with Gasteiger partial charge in [-0.15, -0.1) is 0 Å². The number of sulfonamides is 1. The van der Waals surface area contributed by atoms with Crippen LogP contribution in [0.15, 0.2) is 65.6 Å². The van der Waals surface area contributed by atoms with Crippen LogP contribution in [0.25, 0.3) is 5.57 Å². The maximum absolute atomic E-state index is 12.5. The van der Waals surface area contributed by atoms with Gasteiger partial charge in [0, 0.05) is 12.6 Å². The number of nitrogens with one attached hydrogen (secondary N) is 1. The summed E-state index contributed by atoms with van der Waals surface area (Å²) >= 11 is 0. The minimum absolute atomic E-state index is 0.160. The minimum atomic E-state index is -3.93. The third-order valence-corrected chi connectivity index (χ3v) is 6.00. The number of hydrogen-bond acceptors (Lipinski definition) is 4. The molecular weight excluding hydrogens is 352 g/mol. The molecule has 1 atom stereocenters. The predicted octanol–water partition coefficient (Wildman–Crippen LogP) is 3.76. The fourth-order valence-electron chi connectivity index (χ4n) is 3.19. The molecule has 3 rings (SSSR count). The van der Waals surface area contributed by atoms with Gasteiger partial charge < -0.3 is 0 Å². The van der Waals surface area contributed by atoms with Crippen LogP contribution in [-0.2, 0) is 10.0 Å². The highest BCUT2D eigenvalue weighted by molar-refractivity contribution is 7.89. The average Bonchev–Trinajstić information content (AvgIpc) is 2.67. The van der Waals surface area contributed by atoms with E-state index in [2.05, 4.69) is 10.8 Å². The molecule has 0 saturated carbocycles. The first-order valence-corrected chi connectivity index (χ1v) is 9.93. The molecule has 0 spiro atoms. The van der Waals surface area contributed by atoms with E-state index in [-0.39, 0.29) is 17.4 Å². The molecule has 2 aromatic rings. The summed E-state index contributed by atoms with van der Waals surface area (Å²) in [5, 5.41) is 11.1. The summed E-state index contributed by atoms with van der Waals surface area (Å²) in [4.78, 5) is 10.1. The zero-order valence-electron chi connectivity index (χ0n) is 14.2. The lowest BCUT2D eigenvalue weighted by Crippen LogP contribution is -2.30. The van der Waals surface area contributed by atoms with Crippen molar-refractivity contribution >= 4 is 21.3 Å². The van der Waals surface area contributed by atoms with Crippen LogP contribution < -0.4 is 4.72 Å². The van der Waals surface area contributed by atoms with Gasteiger partial charge in [0.2, 0.25) is 10.0 Å². The van der Waals surface area contributed by atoms with Crippen LogP contribution in [0.5, 0.6) is 0 Å². The van der Waals surface area contributed by atoms with Gasteiger partial charge in [0.25, 0.3) is 5.69 Å². The predicted molar refractivity (Wildman–Crippen MR) is 100 cm³/mol. The Bertz CT molecular complexity index is 924. The van der Waals surface area contributed by atoms with Crippen molar-refractivity contribution in [2.45, 2.75) is 24.2 Å². The Morgan fingerprint density at radius 1 is 1.08 bits per heavy atom. The quantitative estimate of drug-likeness (QED) is 0.618. The Hall–Kier alpha value is -2.51. The summed E-state index contributed by atoms with van der Waals surface area (Å²) in [5.74, 6) is 0.160. The van der Waals surface area contributed by atoms with Crippen molar-refractivity contribution in [2.24, 2.45) is 5.92 Å². The lowest BCUT2D eigenvalue weighted by atomic mass is 9.86. The summed E-state index contributed by atoms with van der Waals surface area (Å²) in [5.41, 5.74) is 1.96. The van der Waals surface area contributed by atoms with E-state index < -0.39 is 20.6 Å². The molecule has 0 heterocycles.